The van der Waals surface area contributed by atoms with E-state index < -0.39 is 16.0 Å². The van der Waals surface area contributed by atoms with Crippen molar-refractivity contribution in [1.82, 2.24) is 4.31 Å². The number of ether oxygens (including phenoxy) is 1. The summed E-state index contributed by atoms with van der Waals surface area (Å²) >= 11 is 0. The molecule has 0 aliphatic carbocycles. The van der Waals surface area contributed by atoms with Crippen LogP contribution in [0.25, 0.3) is 6.08 Å². The highest BCUT2D eigenvalue weighted by Gasteiger charge is 2.31. The molecule has 3 rings (SSSR count). The summed E-state index contributed by atoms with van der Waals surface area (Å²) in [6, 6.07) is 15.0. The topological polar surface area (TPSA) is 63.7 Å². The summed E-state index contributed by atoms with van der Waals surface area (Å²) < 4.78 is 31.1. The molecule has 0 N–H and O–H groups in total. The van der Waals surface area contributed by atoms with Gasteiger partial charge in [-0.3, -0.25) is 0 Å². The molecule has 2 aromatic rings. The van der Waals surface area contributed by atoms with Crippen molar-refractivity contribution in [3.8, 4) is 0 Å². The highest BCUT2D eigenvalue weighted by molar-refractivity contribution is 7.89. The Morgan fingerprint density at radius 2 is 1.64 bits per heavy atom. The van der Waals surface area contributed by atoms with Crippen LogP contribution < -0.4 is 0 Å². The first-order valence-corrected chi connectivity index (χ1v) is 8.01. The second-order valence-corrected chi connectivity index (χ2v) is 6.69. The van der Waals surface area contributed by atoms with Gasteiger partial charge in [0.05, 0.1) is 10.5 Å². The van der Waals surface area contributed by atoms with Crippen molar-refractivity contribution in [2.75, 3.05) is 7.05 Å². The number of carbonyl (C=O) groups excluding carboxylic acids is 1. The molecule has 112 valence electrons. The van der Waals surface area contributed by atoms with E-state index >= 15 is 0 Å². The average Bonchev–Trinajstić information content (AvgIpc) is 2.53. The predicted molar refractivity (Wildman–Crippen MR) is 81.2 cm³/mol. The Kier molecular flexibility index (Phi) is 3.46. The van der Waals surface area contributed by atoms with Gasteiger partial charge in [0.2, 0.25) is 5.88 Å². The summed E-state index contributed by atoms with van der Waals surface area (Å²) in [5, 5.41) is 0. The highest BCUT2D eigenvalue weighted by atomic mass is 32.2. The zero-order valence-corrected chi connectivity index (χ0v) is 12.6. The van der Waals surface area contributed by atoms with E-state index in [0.29, 0.717) is 11.1 Å². The molecule has 0 amide bonds. The quantitative estimate of drug-likeness (QED) is 0.799. The first-order valence-electron chi connectivity index (χ1n) is 6.57. The molecule has 1 aliphatic heterocycles. The van der Waals surface area contributed by atoms with E-state index in [1.165, 1.54) is 19.2 Å². The smallest absolute Gasteiger partial charge is 0.344 e. The minimum absolute atomic E-state index is 0.0208. The maximum Gasteiger partial charge on any atom is 0.344 e. The number of carbonyl (C=O) groups is 1. The summed E-state index contributed by atoms with van der Waals surface area (Å²) in [4.78, 5) is 12.3. The van der Waals surface area contributed by atoms with Gasteiger partial charge in [0.25, 0.3) is 10.0 Å². The number of esters is 1. The predicted octanol–water partition coefficient (Wildman–Crippen LogP) is 2.48. The van der Waals surface area contributed by atoms with E-state index in [4.69, 9.17) is 4.74 Å². The first kappa shape index (κ1) is 14.3. The number of nitrogens with zero attached hydrogens (tertiary/aromatic N) is 1. The molecule has 0 spiro atoms. The molecule has 1 aliphatic rings. The molecule has 0 saturated heterocycles. The molecule has 0 bridgehead atoms. The van der Waals surface area contributed by atoms with Crippen LogP contribution >= 0.6 is 0 Å². The molecule has 0 atom stereocenters. The van der Waals surface area contributed by atoms with E-state index in [0.717, 1.165) is 4.31 Å². The fourth-order valence-electron chi connectivity index (χ4n) is 2.15. The standard InChI is InChI=1S/C16H13NO4S/c1-17-15(21-16(18)12-7-3-2-4-8-12)11-13-9-5-6-10-14(13)22(17,19)20/h2-11H,1H3. The average molecular weight is 315 g/mol. The van der Waals surface area contributed by atoms with Crippen molar-refractivity contribution in [2.45, 2.75) is 4.90 Å². The third-order valence-electron chi connectivity index (χ3n) is 3.35. The van der Waals surface area contributed by atoms with Gasteiger partial charge in [0.15, 0.2) is 0 Å². The Morgan fingerprint density at radius 1 is 1.00 bits per heavy atom. The van der Waals surface area contributed by atoms with Crippen molar-refractivity contribution in [3.63, 3.8) is 0 Å². The van der Waals surface area contributed by atoms with Crippen LogP contribution in [0.2, 0.25) is 0 Å². The van der Waals surface area contributed by atoms with Gasteiger partial charge >= 0.3 is 5.97 Å². The Morgan fingerprint density at radius 3 is 2.36 bits per heavy atom. The number of hydrogen-bond acceptors (Lipinski definition) is 4. The molecule has 0 saturated carbocycles. The van der Waals surface area contributed by atoms with E-state index in [1.807, 2.05) is 0 Å². The Bertz CT molecular complexity index is 857. The van der Waals surface area contributed by atoms with E-state index in [2.05, 4.69) is 0 Å². The number of hydrogen-bond donors (Lipinski definition) is 0. The van der Waals surface area contributed by atoms with E-state index in [-0.39, 0.29) is 10.8 Å². The monoisotopic (exact) mass is 315 g/mol. The normalized spacial score (nSPS) is 15.7. The van der Waals surface area contributed by atoms with Crippen molar-refractivity contribution >= 4 is 22.1 Å². The molecule has 0 fully saturated rings. The van der Waals surface area contributed by atoms with Crippen molar-refractivity contribution in [2.24, 2.45) is 0 Å². The van der Waals surface area contributed by atoms with Crippen LogP contribution in [-0.2, 0) is 14.8 Å². The molecule has 5 nitrogen and oxygen atoms in total. The van der Waals surface area contributed by atoms with Gasteiger partial charge < -0.3 is 4.74 Å². The largest absolute Gasteiger partial charge is 0.405 e. The Balaban J connectivity index is 1.98. The number of rotatable bonds is 2. The molecule has 1 heterocycles. The molecule has 6 heteroatoms. The Labute approximate surface area is 128 Å². The molecule has 22 heavy (non-hydrogen) atoms. The van der Waals surface area contributed by atoms with Gasteiger partial charge in [-0.2, -0.15) is 0 Å². The maximum atomic E-state index is 12.4. The lowest BCUT2D eigenvalue weighted by atomic mass is 10.2. The molecule has 0 unspecified atom stereocenters. The number of sulfonamides is 1. The van der Waals surface area contributed by atoms with Gasteiger partial charge in [-0.25, -0.2) is 17.5 Å². The third-order valence-corrected chi connectivity index (χ3v) is 5.18. The zero-order chi connectivity index (χ0) is 15.7. The number of fused-ring (bicyclic) bond motifs is 1. The van der Waals surface area contributed by atoms with Gasteiger partial charge in [0.1, 0.15) is 0 Å². The van der Waals surface area contributed by atoms with Crippen LogP contribution in [0.1, 0.15) is 15.9 Å². The van der Waals surface area contributed by atoms with Crippen LogP contribution in [0.15, 0.2) is 65.4 Å². The van der Waals surface area contributed by atoms with Crippen molar-refractivity contribution < 1.29 is 17.9 Å². The van der Waals surface area contributed by atoms with E-state index in [1.54, 1.807) is 48.5 Å². The fourth-order valence-corrected chi connectivity index (χ4v) is 3.44. The SMILES string of the molecule is CN1C(OC(=O)c2ccccc2)=Cc2ccccc2S1(=O)=O. The minimum Gasteiger partial charge on any atom is -0.405 e. The highest BCUT2D eigenvalue weighted by Crippen LogP contribution is 2.30. The van der Waals surface area contributed by atoms with Gasteiger partial charge in [-0.05, 0) is 18.2 Å². The van der Waals surface area contributed by atoms with Crippen LogP contribution in [0.4, 0.5) is 0 Å². The lowest BCUT2D eigenvalue weighted by Crippen LogP contribution is -2.31. The third kappa shape index (κ3) is 2.37. The molecule has 0 aromatic heterocycles. The lowest BCUT2D eigenvalue weighted by Gasteiger charge is -2.26. The summed E-state index contributed by atoms with van der Waals surface area (Å²) in [6.45, 7) is 0. The summed E-state index contributed by atoms with van der Waals surface area (Å²) in [5.74, 6) is -0.624. The zero-order valence-electron chi connectivity index (χ0n) is 11.8. The lowest BCUT2D eigenvalue weighted by molar-refractivity contribution is 0.0573. The summed E-state index contributed by atoms with van der Waals surface area (Å²) in [6.07, 6.45) is 1.54. The number of benzene rings is 2. The van der Waals surface area contributed by atoms with Gasteiger partial charge in [-0.15, -0.1) is 0 Å². The van der Waals surface area contributed by atoms with Crippen molar-refractivity contribution in [3.05, 3.63) is 71.6 Å². The van der Waals surface area contributed by atoms with E-state index in [9.17, 15) is 13.2 Å². The minimum atomic E-state index is -3.71. The van der Waals surface area contributed by atoms with Gasteiger partial charge in [0, 0.05) is 18.7 Å². The first-order chi connectivity index (χ1) is 10.5. The summed E-state index contributed by atoms with van der Waals surface area (Å²) in [5.41, 5.74) is 0.851. The molecule has 2 aromatic carbocycles. The second kappa shape index (κ2) is 5.31. The second-order valence-electron chi connectivity index (χ2n) is 4.75. The Hall–Kier alpha value is -2.60. The maximum absolute atomic E-state index is 12.4. The van der Waals surface area contributed by atoms with Crippen LogP contribution in [0.3, 0.4) is 0 Å². The molecule has 0 radical (unpaired) electrons. The molecular formula is C16H13NO4S. The van der Waals surface area contributed by atoms with Gasteiger partial charge in [-0.1, -0.05) is 36.4 Å². The summed E-state index contributed by atoms with van der Waals surface area (Å²) in [7, 11) is -2.35. The van der Waals surface area contributed by atoms with Crippen LogP contribution in [-0.4, -0.2) is 25.7 Å². The molecular weight excluding hydrogens is 302 g/mol. The fraction of sp³-hybridized carbons (Fsp3) is 0.0625. The van der Waals surface area contributed by atoms with Crippen LogP contribution in [0.5, 0.6) is 0 Å². The van der Waals surface area contributed by atoms with Crippen molar-refractivity contribution in [1.29, 1.82) is 0 Å². The van der Waals surface area contributed by atoms with Crippen LogP contribution in [0, 0.1) is 0 Å².